The van der Waals surface area contributed by atoms with Crippen molar-refractivity contribution in [3.05, 3.63) is 28.2 Å². The van der Waals surface area contributed by atoms with E-state index in [4.69, 9.17) is 5.73 Å². The Bertz CT molecular complexity index is 379. The van der Waals surface area contributed by atoms with E-state index in [1.807, 2.05) is 0 Å². The summed E-state index contributed by atoms with van der Waals surface area (Å²) in [5, 5.41) is 0. The van der Waals surface area contributed by atoms with Gasteiger partial charge >= 0.3 is 0 Å². The second kappa shape index (κ2) is 2.81. The van der Waals surface area contributed by atoms with Gasteiger partial charge in [0.25, 0.3) is 5.56 Å². The first kappa shape index (κ1) is 8.52. The number of pyridine rings is 1. The molecule has 0 unspecified atom stereocenters. The minimum absolute atomic E-state index is 0.201. The smallest absolute Gasteiger partial charge is 0.250 e. The number of nitrogens with two attached hydrogens (primary N) is 1. The van der Waals surface area contributed by atoms with Gasteiger partial charge in [0.1, 0.15) is 5.69 Å². The standard InChI is InChI=1S/C8H10N2O2/c1-5(11)8-6(9)3-4-7(12)10(8)2/h3-4H,9H2,1-2H3. The van der Waals surface area contributed by atoms with Crippen molar-refractivity contribution in [2.24, 2.45) is 7.05 Å². The van der Waals surface area contributed by atoms with Gasteiger partial charge in [-0.3, -0.25) is 9.59 Å². The molecule has 0 amide bonds. The molecule has 0 atom stereocenters. The largest absolute Gasteiger partial charge is 0.397 e. The summed E-state index contributed by atoms with van der Waals surface area (Å²) in [7, 11) is 1.52. The molecule has 0 aliphatic rings. The lowest BCUT2D eigenvalue weighted by atomic mass is 10.2. The number of anilines is 1. The number of nitrogens with zero attached hydrogens (tertiary/aromatic N) is 1. The van der Waals surface area contributed by atoms with E-state index in [2.05, 4.69) is 0 Å². The highest BCUT2D eigenvalue weighted by molar-refractivity contribution is 5.97. The van der Waals surface area contributed by atoms with E-state index < -0.39 is 0 Å². The van der Waals surface area contributed by atoms with Crippen molar-refractivity contribution in [2.45, 2.75) is 6.92 Å². The summed E-state index contributed by atoms with van der Waals surface area (Å²) in [4.78, 5) is 22.1. The van der Waals surface area contributed by atoms with E-state index in [0.29, 0.717) is 5.69 Å². The van der Waals surface area contributed by atoms with Gasteiger partial charge < -0.3 is 10.3 Å². The number of carbonyl (C=O) groups is 1. The molecule has 2 N–H and O–H groups in total. The molecule has 0 aliphatic carbocycles. The van der Waals surface area contributed by atoms with Crippen LogP contribution >= 0.6 is 0 Å². The van der Waals surface area contributed by atoms with Crippen molar-refractivity contribution in [2.75, 3.05) is 5.73 Å². The molecule has 1 heterocycles. The first-order valence-corrected chi connectivity index (χ1v) is 3.50. The number of ketones is 1. The van der Waals surface area contributed by atoms with Crippen molar-refractivity contribution in [1.29, 1.82) is 0 Å². The third-order valence-corrected chi connectivity index (χ3v) is 1.68. The molecule has 64 valence electrons. The van der Waals surface area contributed by atoms with Gasteiger partial charge in [-0.05, 0) is 6.07 Å². The summed E-state index contributed by atoms with van der Waals surface area (Å²) in [6, 6.07) is 2.78. The van der Waals surface area contributed by atoms with E-state index in [9.17, 15) is 9.59 Å². The molecule has 0 bridgehead atoms. The number of hydrogen-bond acceptors (Lipinski definition) is 3. The van der Waals surface area contributed by atoms with Crippen LogP contribution in [0.1, 0.15) is 17.4 Å². The van der Waals surface area contributed by atoms with Gasteiger partial charge in [-0.2, -0.15) is 0 Å². The number of carbonyl (C=O) groups excluding carboxylic acids is 1. The van der Waals surface area contributed by atoms with E-state index in [1.54, 1.807) is 0 Å². The first-order valence-electron chi connectivity index (χ1n) is 3.50. The molecule has 0 aromatic carbocycles. The van der Waals surface area contributed by atoms with Crippen LogP contribution in [-0.2, 0) is 7.05 Å². The molecule has 0 aliphatic heterocycles. The topological polar surface area (TPSA) is 65.1 Å². The average molecular weight is 166 g/mol. The Morgan fingerprint density at radius 2 is 2.08 bits per heavy atom. The second-order valence-corrected chi connectivity index (χ2v) is 2.59. The van der Waals surface area contributed by atoms with Crippen LogP contribution in [0.15, 0.2) is 16.9 Å². The van der Waals surface area contributed by atoms with Gasteiger partial charge in [0, 0.05) is 20.0 Å². The fraction of sp³-hybridized carbons (Fsp3) is 0.250. The van der Waals surface area contributed by atoms with Gasteiger partial charge in [0.15, 0.2) is 5.78 Å². The Balaban J connectivity index is 3.54. The monoisotopic (exact) mass is 166 g/mol. The lowest BCUT2D eigenvalue weighted by Crippen LogP contribution is -2.22. The Morgan fingerprint density at radius 1 is 1.50 bits per heavy atom. The van der Waals surface area contributed by atoms with Crippen LogP contribution in [-0.4, -0.2) is 10.4 Å². The number of hydrogen-bond donors (Lipinski definition) is 1. The highest BCUT2D eigenvalue weighted by Crippen LogP contribution is 2.07. The molecule has 0 radical (unpaired) electrons. The van der Waals surface area contributed by atoms with E-state index >= 15 is 0 Å². The summed E-state index contributed by atoms with van der Waals surface area (Å²) in [6.45, 7) is 1.38. The molecular weight excluding hydrogens is 156 g/mol. The highest BCUT2D eigenvalue weighted by Gasteiger charge is 2.08. The van der Waals surface area contributed by atoms with Crippen molar-refractivity contribution >= 4 is 11.5 Å². The van der Waals surface area contributed by atoms with Crippen molar-refractivity contribution < 1.29 is 4.79 Å². The number of Topliss-reactive ketones (excluding diaryl/α,β-unsaturated/α-hetero) is 1. The summed E-state index contributed by atoms with van der Waals surface area (Å²) in [5.74, 6) is -0.201. The maximum Gasteiger partial charge on any atom is 0.250 e. The maximum absolute atomic E-state index is 11.1. The molecule has 0 saturated heterocycles. The lowest BCUT2D eigenvalue weighted by molar-refractivity contribution is 0.101. The van der Waals surface area contributed by atoms with Crippen molar-refractivity contribution in [3.63, 3.8) is 0 Å². The average Bonchev–Trinajstić information content (AvgIpc) is 1.97. The second-order valence-electron chi connectivity index (χ2n) is 2.59. The molecule has 1 aromatic rings. The molecule has 0 fully saturated rings. The molecule has 0 spiro atoms. The third-order valence-electron chi connectivity index (χ3n) is 1.68. The van der Waals surface area contributed by atoms with Crippen molar-refractivity contribution in [1.82, 2.24) is 4.57 Å². The third kappa shape index (κ3) is 1.23. The van der Waals surface area contributed by atoms with Gasteiger partial charge in [0.2, 0.25) is 0 Å². The van der Waals surface area contributed by atoms with Crippen LogP contribution in [0.25, 0.3) is 0 Å². The van der Waals surface area contributed by atoms with E-state index in [1.165, 1.54) is 30.7 Å². The van der Waals surface area contributed by atoms with Crippen LogP contribution in [0.3, 0.4) is 0 Å². The van der Waals surface area contributed by atoms with E-state index in [-0.39, 0.29) is 17.0 Å². The summed E-state index contributed by atoms with van der Waals surface area (Å²) < 4.78 is 1.25. The van der Waals surface area contributed by atoms with Crippen LogP contribution < -0.4 is 11.3 Å². The van der Waals surface area contributed by atoms with Crippen LogP contribution in [0.2, 0.25) is 0 Å². The van der Waals surface area contributed by atoms with Gasteiger partial charge in [-0.1, -0.05) is 0 Å². The molecule has 0 saturated carbocycles. The molecule has 1 rings (SSSR count). The minimum atomic E-state index is -0.227. The Labute approximate surface area is 69.6 Å². The predicted molar refractivity (Wildman–Crippen MR) is 46.1 cm³/mol. The van der Waals surface area contributed by atoms with Gasteiger partial charge in [-0.15, -0.1) is 0 Å². The molecule has 1 aromatic heterocycles. The Kier molecular flexibility index (Phi) is 1.99. The fourth-order valence-corrected chi connectivity index (χ4v) is 1.10. The number of nitrogen functional groups attached to an aromatic ring is 1. The zero-order valence-electron chi connectivity index (χ0n) is 7.00. The number of rotatable bonds is 1. The fourth-order valence-electron chi connectivity index (χ4n) is 1.10. The zero-order chi connectivity index (χ0) is 9.30. The molecular formula is C8H10N2O2. The zero-order valence-corrected chi connectivity index (χ0v) is 7.00. The van der Waals surface area contributed by atoms with Crippen LogP contribution in [0, 0.1) is 0 Å². The summed E-state index contributed by atoms with van der Waals surface area (Å²) >= 11 is 0. The first-order chi connectivity index (χ1) is 5.54. The predicted octanol–water partition coefficient (Wildman–Crippen LogP) is 0.170. The quantitative estimate of drug-likeness (QED) is 0.605. The Morgan fingerprint density at radius 3 is 2.50 bits per heavy atom. The summed E-state index contributed by atoms with van der Waals surface area (Å²) in [6.07, 6.45) is 0. The number of aromatic nitrogens is 1. The van der Waals surface area contributed by atoms with E-state index in [0.717, 1.165) is 0 Å². The van der Waals surface area contributed by atoms with Gasteiger partial charge in [-0.25, -0.2) is 0 Å². The summed E-state index contributed by atoms with van der Waals surface area (Å²) in [5.41, 5.74) is 5.89. The Hall–Kier alpha value is -1.58. The van der Waals surface area contributed by atoms with Crippen LogP contribution in [0.4, 0.5) is 5.69 Å². The SMILES string of the molecule is CC(=O)c1c(N)ccc(=O)n1C. The van der Waals surface area contributed by atoms with Gasteiger partial charge in [0.05, 0.1) is 5.69 Å². The minimum Gasteiger partial charge on any atom is -0.397 e. The molecule has 12 heavy (non-hydrogen) atoms. The maximum atomic E-state index is 11.1. The molecule has 4 nitrogen and oxygen atoms in total. The normalized spacial score (nSPS) is 9.83. The lowest BCUT2D eigenvalue weighted by Gasteiger charge is -2.06. The van der Waals surface area contributed by atoms with Crippen molar-refractivity contribution in [3.8, 4) is 0 Å². The van der Waals surface area contributed by atoms with Crippen LogP contribution in [0.5, 0.6) is 0 Å². The molecule has 4 heteroatoms. The highest BCUT2D eigenvalue weighted by atomic mass is 16.1.